The van der Waals surface area contributed by atoms with E-state index in [-0.39, 0.29) is 6.61 Å². The van der Waals surface area contributed by atoms with Crippen LogP contribution in [0.25, 0.3) is 10.8 Å². The van der Waals surface area contributed by atoms with Crippen LogP contribution in [0.4, 0.5) is 0 Å². The largest absolute Gasteiger partial charge is 0.497 e. The summed E-state index contributed by atoms with van der Waals surface area (Å²) >= 11 is 1.51. The van der Waals surface area contributed by atoms with Crippen molar-refractivity contribution in [2.24, 2.45) is 0 Å². The molecule has 0 saturated heterocycles. The number of fused-ring (bicyclic) bond motifs is 1. The van der Waals surface area contributed by atoms with Crippen molar-refractivity contribution in [3.05, 3.63) is 52.1 Å². The van der Waals surface area contributed by atoms with Crippen LogP contribution in [-0.2, 0) is 9.63 Å². The van der Waals surface area contributed by atoms with Gasteiger partial charge < -0.3 is 14.7 Å². The smallest absolute Gasteiger partial charge is 0.310 e. The minimum absolute atomic E-state index is 0.0498. The summed E-state index contributed by atoms with van der Waals surface area (Å²) in [4.78, 5) is 25.9. The van der Waals surface area contributed by atoms with E-state index in [1.807, 2.05) is 36.4 Å². The first-order valence-corrected chi connectivity index (χ1v) is 9.32. The van der Waals surface area contributed by atoms with E-state index in [0.29, 0.717) is 18.6 Å². The summed E-state index contributed by atoms with van der Waals surface area (Å²) in [6.07, 6.45) is 1.22. The molecule has 7 nitrogen and oxygen atoms in total. The Morgan fingerprint density at radius 3 is 2.65 bits per heavy atom. The van der Waals surface area contributed by atoms with Crippen molar-refractivity contribution >= 4 is 28.5 Å². The maximum atomic E-state index is 11.7. The second-order valence-electron chi connectivity index (χ2n) is 5.67. The molecule has 140 valence electrons. The maximum Gasteiger partial charge on any atom is 0.310 e. The predicted molar refractivity (Wildman–Crippen MR) is 100 cm³/mol. The molecule has 2 aromatic carbocycles. The number of hydrogen-bond donors (Lipinski definition) is 1. The molecule has 0 unspecified atom stereocenters. The minimum Gasteiger partial charge on any atom is -0.497 e. The van der Waals surface area contributed by atoms with E-state index in [1.54, 1.807) is 7.11 Å². The predicted octanol–water partition coefficient (Wildman–Crippen LogP) is 3.74. The van der Waals surface area contributed by atoms with E-state index in [9.17, 15) is 20.0 Å². The van der Waals surface area contributed by atoms with Crippen LogP contribution in [0.15, 0.2) is 36.4 Å². The Bertz CT molecular complexity index is 766. The van der Waals surface area contributed by atoms with Crippen LogP contribution in [0.2, 0.25) is 0 Å². The zero-order valence-corrected chi connectivity index (χ0v) is 15.2. The third-order valence-corrected chi connectivity index (χ3v) is 5.01. The zero-order chi connectivity index (χ0) is 18.9. The van der Waals surface area contributed by atoms with Gasteiger partial charge in [0, 0.05) is 5.75 Å². The standard InChI is InChI=1S/C18H21NO6S/c1-24-16-7-6-13-11-15(5-4-14(13)12-16)17(18(20)21)3-2-9-26-10-8-25-19(22)23/h4-7,11-12,17H,2-3,8-10H2,1H3,(H,20,21)/t17-/m0/s1. The summed E-state index contributed by atoms with van der Waals surface area (Å²) in [7, 11) is 1.61. The highest BCUT2D eigenvalue weighted by Gasteiger charge is 2.19. The van der Waals surface area contributed by atoms with Crippen LogP contribution in [0.1, 0.15) is 24.3 Å². The molecule has 2 rings (SSSR count). The molecule has 0 aliphatic carbocycles. The Kier molecular flexibility index (Phi) is 7.53. The quantitative estimate of drug-likeness (QED) is 0.361. The van der Waals surface area contributed by atoms with Gasteiger partial charge in [-0.15, -0.1) is 10.1 Å². The number of benzene rings is 2. The molecule has 0 radical (unpaired) electrons. The minimum atomic E-state index is -0.848. The van der Waals surface area contributed by atoms with E-state index < -0.39 is 17.0 Å². The molecule has 26 heavy (non-hydrogen) atoms. The number of carboxylic acid groups (broad SMARTS) is 1. The SMILES string of the molecule is COc1ccc2cc([C@H](CCCSCCO[N+](=O)[O-])C(=O)O)ccc2c1. The lowest BCUT2D eigenvalue weighted by Crippen LogP contribution is -2.12. The van der Waals surface area contributed by atoms with Gasteiger partial charge >= 0.3 is 5.97 Å². The zero-order valence-electron chi connectivity index (χ0n) is 14.4. The Morgan fingerprint density at radius 2 is 1.96 bits per heavy atom. The molecule has 0 saturated carbocycles. The number of hydrogen-bond acceptors (Lipinski definition) is 6. The van der Waals surface area contributed by atoms with Crippen LogP contribution in [0, 0.1) is 10.1 Å². The van der Waals surface area contributed by atoms with Crippen molar-refractivity contribution < 1.29 is 24.6 Å². The van der Waals surface area contributed by atoms with Gasteiger partial charge in [-0.25, -0.2) is 0 Å². The second-order valence-corrected chi connectivity index (χ2v) is 6.90. The Hall–Kier alpha value is -2.48. The van der Waals surface area contributed by atoms with Gasteiger partial charge in [-0.05, 0) is 47.1 Å². The number of ether oxygens (including phenoxy) is 1. The van der Waals surface area contributed by atoms with Crippen molar-refractivity contribution in [3.63, 3.8) is 0 Å². The molecule has 8 heteroatoms. The highest BCUT2D eigenvalue weighted by molar-refractivity contribution is 7.99. The van der Waals surface area contributed by atoms with Gasteiger partial charge in [-0.1, -0.05) is 24.3 Å². The highest BCUT2D eigenvalue weighted by Crippen LogP contribution is 2.28. The molecule has 1 N–H and O–H groups in total. The summed E-state index contributed by atoms with van der Waals surface area (Å²) < 4.78 is 5.20. The average molecular weight is 379 g/mol. The molecule has 2 aromatic rings. The van der Waals surface area contributed by atoms with Crippen molar-refractivity contribution in [1.82, 2.24) is 0 Å². The molecule has 0 amide bonds. The topological polar surface area (TPSA) is 98.9 Å². The third-order valence-electron chi connectivity index (χ3n) is 3.98. The highest BCUT2D eigenvalue weighted by atomic mass is 32.2. The summed E-state index contributed by atoms with van der Waals surface area (Å²) in [5, 5.41) is 20.8. The lowest BCUT2D eigenvalue weighted by Gasteiger charge is -2.14. The second kappa shape index (κ2) is 9.86. The van der Waals surface area contributed by atoms with Gasteiger partial charge in [-0.3, -0.25) is 4.79 Å². The fraction of sp³-hybridized carbons (Fsp3) is 0.389. The molecule has 0 fully saturated rings. The fourth-order valence-electron chi connectivity index (χ4n) is 2.68. The lowest BCUT2D eigenvalue weighted by atomic mass is 9.92. The number of thioether (sulfide) groups is 1. The van der Waals surface area contributed by atoms with E-state index in [1.165, 1.54) is 11.8 Å². The van der Waals surface area contributed by atoms with Gasteiger partial charge in [-0.2, -0.15) is 11.8 Å². The first-order chi connectivity index (χ1) is 12.5. The van der Waals surface area contributed by atoms with Crippen LogP contribution in [0.3, 0.4) is 0 Å². The summed E-state index contributed by atoms with van der Waals surface area (Å²) in [5.74, 6) is 0.585. The molecule has 0 heterocycles. The third kappa shape index (κ3) is 5.80. The molecule has 0 aromatic heterocycles. The Balaban J connectivity index is 1.93. The van der Waals surface area contributed by atoms with Crippen molar-refractivity contribution in [2.45, 2.75) is 18.8 Å². The number of nitrogens with zero attached hydrogens (tertiary/aromatic N) is 1. The van der Waals surface area contributed by atoms with E-state index in [2.05, 4.69) is 4.84 Å². The summed E-state index contributed by atoms with van der Waals surface area (Å²) in [6, 6.07) is 11.4. The van der Waals surface area contributed by atoms with E-state index in [4.69, 9.17) is 4.74 Å². The molecular formula is C18H21NO6S. The van der Waals surface area contributed by atoms with Crippen molar-refractivity contribution in [2.75, 3.05) is 25.2 Å². The number of rotatable bonds is 11. The van der Waals surface area contributed by atoms with Crippen LogP contribution in [0.5, 0.6) is 5.75 Å². The molecule has 0 aliphatic heterocycles. The number of carboxylic acids is 1. The number of methoxy groups -OCH3 is 1. The average Bonchev–Trinajstić information content (AvgIpc) is 2.62. The molecule has 0 aliphatic rings. The molecule has 0 spiro atoms. The van der Waals surface area contributed by atoms with E-state index >= 15 is 0 Å². The van der Waals surface area contributed by atoms with Crippen molar-refractivity contribution in [3.8, 4) is 5.75 Å². The lowest BCUT2D eigenvalue weighted by molar-refractivity contribution is -0.756. The van der Waals surface area contributed by atoms with Gasteiger partial charge in [0.2, 0.25) is 0 Å². The van der Waals surface area contributed by atoms with Crippen molar-refractivity contribution in [1.29, 1.82) is 0 Å². The first-order valence-electron chi connectivity index (χ1n) is 8.17. The normalized spacial score (nSPS) is 11.9. The van der Waals surface area contributed by atoms with Gasteiger partial charge in [0.25, 0.3) is 5.09 Å². The van der Waals surface area contributed by atoms with Crippen LogP contribution in [-0.4, -0.2) is 41.4 Å². The first kappa shape index (κ1) is 19.8. The molecule has 0 bridgehead atoms. The van der Waals surface area contributed by atoms with E-state index in [0.717, 1.165) is 27.8 Å². The molecule has 1 atom stereocenters. The monoisotopic (exact) mass is 379 g/mol. The van der Waals surface area contributed by atoms with Gasteiger partial charge in [0.1, 0.15) is 12.4 Å². The number of carbonyl (C=O) groups is 1. The molecular weight excluding hydrogens is 358 g/mol. The number of aliphatic carboxylic acids is 1. The fourth-order valence-corrected chi connectivity index (χ4v) is 3.45. The maximum absolute atomic E-state index is 11.7. The summed E-state index contributed by atoms with van der Waals surface area (Å²) in [6.45, 7) is 0.0498. The Morgan fingerprint density at radius 1 is 1.23 bits per heavy atom. The van der Waals surface area contributed by atoms with Crippen LogP contribution < -0.4 is 4.74 Å². The van der Waals surface area contributed by atoms with Gasteiger partial charge in [0.05, 0.1) is 13.0 Å². The summed E-state index contributed by atoms with van der Waals surface area (Å²) in [5.41, 5.74) is 0.775. The van der Waals surface area contributed by atoms with Crippen LogP contribution >= 0.6 is 11.8 Å². The van der Waals surface area contributed by atoms with Gasteiger partial charge in [0.15, 0.2) is 0 Å². The Labute approximate surface area is 155 Å².